The highest BCUT2D eigenvalue weighted by molar-refractivity contribution is 5.85. The fourth-order valence-corrected chi connectivity index (χ4v) is 2.01. The summed E-state index contributed by atoms with van der Waals surface area (Å²) in [7, 11) is 0. The van der Waals surface area contributed by atoms with E-state index in [-0.39, 0.29) is 23.5 Å². The Bertz CT molecular complexity index is 644. The van der Waals surface area contributed by atoms with Crippen LogP contribution in [0.15, 0.2) is 9.59 Å². The summed E-state index contributed by atoms with van der Waals surface area (Å²) in [6.07, 6.45) is 2.68. The van der Waals surface area contributed by atoms with Crippen LogP contribution in [-0.2, 0) is 11.3 Å². The SMILES string of the molecule is CCCn1c(N)c(NC(C)C(=O)NC2CC2)c(=O)[nH]c1=O. The second-order valence-corrected chi connectivity index (χ2v) is 5.32. The van der Waals surface area contributed by atoms with Crippen LogP contribution in [0.25, 0.3) is 0 Å². The van der Waals surface area contributed by atoms with Gasteiger partial charge in [0.15, 0.2) is 0 Å². The van der Waals surface area contributed by atoms with Crippen molar-refractivity contribution in [2.75, 3.05) is 11.1 Å². The number of carbonyl (C=O) groups is 1. The average Bonchev–Trinajstić information content (AvgIpc) is 3.23. The number of carbonyl (C=O) groups excluding carboxylic acids is 1. The molecule has 0 bridgehead atoms. The van der Waals surface area contributed by atoms with Crippen LogP contribution in [0.3, 0.4) is 0 Å². The summed E-state index contributed by atoms with van der Waals surface area (Å²) in [5.74, 6) is -0.138. The van der Waals surface area contributed by atoms with Crippen molar-refractivity contribution in [1.29, 1.82) is 0 Å². The molecule has 21 heavy (non-hydrogen) atoms. The minimum absolute atomic E-state index is 0.0525. The van der Waals surface area contributed by atoms with Crippen molar-refractivity contribution < 1.29 is 4.79 Å². The van der Waals surface area contributed by atoms with Gasteiger partial charge in [-0.15, -0.1) is 0 Å². The molecule has 2 rings (SSSR count). The predicted octanol–water partition coefficient (Wildman–Crippen LogP) is -0.392. The molecule has 1 aromatic rings. The van der Waals surface area contributed by atoms with E-state index in [9.17, 15) is 14.4 Å². The molecule has 1 amide bonds. The lowest BCUT2D eigenvalue weighted by Gasteiger charge is -2.17. The second kappa shape index (κ2) is 6.02. The number of nitrogens with two attached hydrogens (primary N) is 1. The van der Waals surface area contributed by atoms with Gasteiger partial charge in [-0.1, -0.05) is 6.92 Å². The van der Waals surface area contributed by atoms with Gasteiger partial charge in [0.2, 0.25) is 5.91 Å². The first-order valence-electron chi connectivity index (χ1n) is 7.13. The Morgan fingerprint density at radius 1 is 1.48 bits per heavy atom. The molecule has 0 spiro atoms. The van der Waals surface area contributed by atoms with Crippen LogP contribution in [0.5, 0.6) is 0 Å². The number of amides is 1. The van der Waals surface area contributed by atoms with Crippen LogP contribution in [0.4, 0.5) is 11.5 Å². The Morgan fingerprint density at radius 3 is 2.71 bits per heavy atom. The first-order chi connectivity index (χ1) is 9.93. The zero-order valence-corrected chi connectivity index (χ0v) is 12.2. The number of rotatable bonds is 6. The van der Waals surface area contributed by atoms with Crippen molar-refractivity contribution in [3.8, 4) is 0 Å². The minimum atomic E-state index is -0.615. The number of aromatic nitrogens is 2. The number of nitrogens with zero attached hydrogens (tertiary/aromatic N) is 1. The lowest BCUT2D eigenvalue weighted by Crippen LogP contribution is -2.41. The maximum atomic E-state index is 11.9. The van der Waals surface area contributed by atoms with E-state index in [1.54, 1.807) is 6.92 Å². The zero-order valence-electron chi connectivity index (χ0n) is 12.2. The minimum Gasteiger partial charge on any atom is -0.383 e. The van der Waals surface area contributed by atoms with E-state index in [0.29, 0.717) is 13.0 Å². The molecule has 1 aromatic heterocycles. The fourth-order valence-electron chi connectivity index (χ4n) is 2.01. The number of hydrogen-bond acceptors (Lipinski definition) is 5. The van der Waals surface area contributed by atoms with E-state index in [1.165, 1.54) is 4.57 Å². The molecule has 5 N–H and O–H groups in total. The second-order valence-electron chi connectivity index (χ2n) is 5.32. The summed E-state index contributed by atoms with van der Waals surface area (Å²) in [5, 5.41) is 5.64. The molecular formula is C13H21N5O3. The fraction of sp³-hybridized carbons (Fsp3) is 0.615. The summed E-state index contributed by atoms with van der Waals surface area (Å²) in [6.45, 7) is 3.94. The number of aromatic amines is 1. The highest BCUT2D eigenvalue weighted by atomic mass is 16.2. The molecule has 8 nitrogen and oxygen atoms in total. The standard InChI is InChI=1S/C13H21N5O3/c1-3-6-18-10(14)9(12(20)17-13(18)21)15-7(2)11(19)16-8-4-5-8/h7-8,15H,3-6,14H2,1-2H3,(H,16,19)(H,17,20,21). The molecule has 1 unspecified atom stereocenters. The van der Waals surface area contributed by atoms with E-state index >= 15 is 0 Å². The Kier molecular flexibility index (Phi) is 4.35. The molecule has 1 fully saturated rings. The van der Waals surface area contributed by atoms with Gasteiger partial charge in [-0.25, -0.2) is 4.79 Å². The normalized spacial score (nSPS) is 15.5. The van der Waals surface area contributed by atoms with E-state index in [4.69, 9.17) is 5.73 Å². The number of H-pyrrole nitrogens is 1. The molecule has 8 heteroatoms. The monoisotopic (exact) mass is 295 g/mol. The molecule has 0 aliphatic heterocycles. The van der Waals surface area contributed by atoms with E-state index in [0.717, 1.165) is 12.8 Å². The van der Waals surface area contributed by atoms with Crippen molar-refractivity contribution in [1.82, 2.24) is 14.9 Å². The Labute approximate surface area is 121 Å². The molecule has 1 aliphatic rings. The van der Waals surface area contributed by atoms with Gasteiger partial charge in [-0.3, -0.25) is 19.1 Å². The molecular weight excluding hydrogens is 274 g/mol. The molecule has 1 aliphatic carbocycles. The summed E-state index contributed by atoms with van der Waals surface area (Å²) < 4.78 is 1.29. The van der Waals surface area contributed by atoms with Crippen molar-refractivity contribution in [3.05, 3.63) is 20.8 Å². The van der Waals surface area contributed by atoms with Crippen LogP contribution in [0.2, 0.25) is 0 Å². The third kappa shape index (κ3) is 3.45. The van der Waals surface area contributed by atoms with Gasteiger partial charge in [0.25, 0.3) is 5.56 Å². The molecule has 0 saturated heterocycles. The number of nitrogen functional groups attached to an aromatic ring is 1. The smallest absolute Gasteiger partial charge is 0.330 e. The average molecular weight is 295 g/mol. The predicted molar refractivity (Wildman–Crippen MR) is 80.3 cm³/mol. The summed E-state index contributed by atoms with van der Waals surface area (Å²) >= 11 is 0. The zero-order chi connectivity index (χ0) is 15.6. The van der Waals surface area contributed by atoms with E-state index in [2.05, 4.69) is 15.6 Å². The lowest BCUT2D eigenvalue weighted by molar-refractivity contribution is -0.121. The molecule has 0 radical (unpaired) electrons. The Morgan fingerprint density at radius 2 is 2.14 bits per heavy atom. The van der Waals surface area contributed by atoms with Crippen molar-refractivity contribution in [3.63, 3.8) is 0 Å². The highest BCUT2D eigenvalue weighted by Crippen LogP contribution is 2.19. The van der Waals surface area contributed by atoms with Gasteiger partial charge in [-0.05, 0) is 26.2 Å². The summed E-state index contributed by atoms with van der Waals surface area (Å²) in [4.78, 5) is 37.7. The number of anilines is 2. The van der Waals surface area contributed by atoms with Crippen LogP contribution in [-0.4, -0.2) is 27.5 Å². The Hall–Kier alpha value is -2.25. The summed E-state index contributed by atoms with van der Waals surface area (Å²) in [6, 6.07) is -0.368. The van der Waals surface area contributed by atoms with Crippen molar-refractivity contribution >= 4 is 17.4 Å². The van der Waals surface area contributed by atoms with Crippen LogP contribution in [0.1, 0.15) is 33.1 Å². The molecule has 1 heterocycles. The maximum absolute atomic E-state index is 11.9. The number of nitrogens with one attached hydrogen (secondary N) is 3. The topological polar surface area (TPSA) is 122 Å². The van der Waals surface area contributed by atoms with Gasteiger partial charge in [0.1, 0.15) is 17.5 Å². The lowest BCUT2D eigenvalue weighted by atomic mass is 10.3. The largest absolute Gasteiger partial charge is 0.383 e. The molecule has 1 atom stereocenters. The first-order valence-corrected chi connectivity index (χ1v) is 7.13. The van der Waals surface area contributed by atoms with Crippen LogP contribution >= 0.6 is 0 Å². The van der Waals surface area contributed by atoms with Gasteiger partial charge in [0.05, 0.1) is 0 Å². The van der Waals surface area contributed by atoms with Gasteiger partial charge < -0.3 is 16.4 Å². The maximum Gasteiger partial charge on any atom is 0.330 e. The molecule has 116 valence electrons. The summed E-state index contributed by atoms with van der Waals surface area (Å²) in [5.41, 5.74) is 4.78. The Balaban J connectivity index is 2.22. The van der Waals surface area contributed by atoms with Gasteiger partial charge in [-0.2, -0.15) is 0 Å². The third-order valence-electron chi connectivity index (χ3n) is 3.36. The first kappa shape index (κ1) is 15.1. The molecule has 1 saturated carbocycles. The van der Waals surface area contributed by atoms with Crippen LogP contribution in [0, 0.1) is 0 Å². The van der Waals surface area contributed by atoms with Crippen molar-refractivity contribution in [2.24, 2.45) is 0 Å². The van der Waals surface area contributed by atoms with Gasteiger partial charge in [0, 0.05) is 12.6 Å². The van der Waals surface area contributed by atoms with E-state index < -0.39 is 17.3 Å². The highest BCUT2D eigenvalue weighted by Gasteiger charge is 2.26. The number of hydrogen-bond donors (Lipinski definition) is 4. The van der Waals surface area contributed by atoms with Crippen molar-refractivity contribution in [2.45, 2.75) is 51.7 Å². The van der Waals surface area contributed by atoms with Gasteiger partial charge >= 0.3 is 5.69 Å². The third-order valence-corrected chi connectivity index (χ3v) is 3.36. The quantitative estimate of drug-likeness (QED) is 0.569. The molecule has 0 aromatic carbocycles. The van der Waals surface area contributed by atoms with E-state index in [1.807, 2.05) is 6.92 Å². The van der Waals surface area contributed by atoms with Crippen LogP contribution < -0.4 is 27.6 Å².